The number of carbonyl (C=O) groups is 1. The van der Waals surface area contributed by atoms with Crippen LogP contribution >= 0.6 is 0 Å². The van der Waals surface area contributed by atoms with Crippen molar-refractivity contribution in [3.05, 3.63) is 54.4 Å². The summed E-state index contributed by atoms with van der Waals surface area (Å²) >= 11 is 0. The first-order valence-corrected chi connectivity index (χ1v) is 8.95. The van der Waals surface area contributed by atoms with Crippen molar-refractivity contribution in [3.8, 4) is 0 Å². The maximum atomic E-state index is 12.7. The number of rotatable bonds is 4. The Kier molecular flexibility index (Phi) is 4.90. The van der Waals surface area contributed by atoms with Gasteiger partial charge in [-0.2, -0.15) is 0 Å². The molecule has 2 aromatic rings. The Morgan fingerprint density at radius 2 is 2.27 bits per heavy atom. The third-order valence-electron chi connectivity index (χ3n) is 5.00. The van der Waals surface area contributed by atoms with Crippen LogP contribution in [-0.4, -0.2) is 57.2 Å². The second kappa shape index (κ2) is 7.47. The molecule has 7 nitrogen and oxygen atoms in total. The molecule has 2 aromatic heterocycles. The first-order valence-electron chi connectivity index (χ1n) is 8.95. The molecule has 0 bridgehead atoms. The van der Waals surface area contributed by atoms with E-state index in [0.717, 1.165) is 31.5 Å². The predicted molar refractivity (Wildman–Crippen MR) is 93.3 cm³/mol. The highest BCUT2D eigenvalue weighted by Crippen LogP contribution is 2.36. The van der Waals surface area contributed by atoms with Crippen molar-refractivity contribution in [2.75, 3.05) is 19.7 Å². The topological polar surface area (TPSA) is 77.4 Å². The number of aromatic nitrogens is 3. The van der Waals surface area contributed by atoms with Gasteiger partial charge in [-0.15, -0.1) is 0 Å². The van der Waals surface area contributed by atoms with Crippen LogP contribution in [-0.2, 0) is 16.1 Å². The number of pyridine rings is 1. The number of hydrogen-bond acceptors (Lipinski definition) is 6. The van der Waals surface area contributed by atoms with Crippen LogP contribution in [0.5, 0.6) is 0 Å². The second-order valence-corrected chi connectivity index (χ2v) is 6.88. The van der Waals surface area contributed by atoms with Gasteiger partial charge in [-0.05, 0) is 31.0 Å². The molecule has 1 amide bonds. The Labute approximate surface area is 152 Å². The molecular formula is C19H22N4O3. The minimum atomic E-state index is -0.310. The van der Waals surface area contributed by atoms with Crippen molar-refractivity contribution < 1.29 is 14.3 Å². The standard InChI is InChI=1S/C19H22N4O3/c24-18(17-5-8-20-14-22-17)23-9-3-6-19(13-23)10-16(12-26-19)25-11-15-4-1-2-7-21-15/h1-2,4-5,7-8,14,16H,3,6,9-13H2/t16-,19+/m1/s1. The van der Waals surface area contributed by atoms with Gasteiger partial charge < -0.3 is 14.4 Å². The van der Waals surface area contributed by atoms with E-state index in [1.807, 2.05) is 23.1 Å². The van der Waals surface area contributed by atoms with Crippen LogP contribution in [0.25, 0.3) is 0 Å². The Bertz CT molecular complexity index is 743. The van der Waals surface area contributed by atoms with Gasteiger partial charge in [0.05, 0.1) is 37.2 Å². The number of nitrogens with zero attached hydrogens (tertiary/aromatic N) is 4. The highest BCUT2D eigenvalue weighted by molar-refractivity contribution is 5.92. The summed E-state index contributed by atoms with van der Waals surface area (Å²) in [4.78, 5) is 26.7. The highest BCUT2D eigenvalue weighted by atomic mass is 16.6. The average molecular weight is 354 g/mol. The van der Waals surface area contributed by atoms with Crippen molar-refractivity contribution in [1.29, 1.82) is 0 Å². The molecule has 2 fully saturated rings. The summed E-state index contributed by atoms with van der Waals surface area (Å²) in [5, 5.41) is 0. The predicted octanol–water partition coefficient (Wildman–Crippen LogP) is 1.85. The molecule has 0 saturated carbocycles. The number of hydrogen-bond donors (Lipinski definition) is 0. The van der Waals surface area contributed by atoms with Crippen molar-refractivity contribution in [3.63, 3.8) is 0 Å². The summed E-state index contributed by atoms with van der Waals surface area (Å²) in [6.07, 6.45) is 7.46. The van der Waals surface area contributed by atoms with Crippen LogP contribution in [0.4, 0.5) is 0 Å². The van der Waals surface area contributed by atoms with Gasteiger partial charge in [0.1, 0.15) is 12.0 Å². The average Bonchev–Trinajstić information content (AvgIpc) is 3.09. The monoisotopic (exact) mass is 354 g/mol. The summed E-state index contributed by atoms with van der Waals surface area (Å²) in [7, 11) is 0. The molecule has 1 spiro atoms. The Hall–Kier alpha value is -2.38. The molecule has 136 valence electrons. The molecular weight excluding hydrogens is 332 g/mol. The molecule has 0 aromatic carbocycles. The lowest BCUT2D eigenvalue weighted by atomic mass is 9.89. The minimum Gasteiger partial charge on any atom is -0.370 e. The fraction of sp³-hybridized carbons (Fsp3) is 0.474. The third kappa shape index (κ3) is 3.73. The van der Waals surface area contributed by atoms with Crippen LogP contribution < -0.4 is 0 Å². The van der Waals surface area contributed by atoms with Crippen LogP contribution in [0.3, 0.4) is 0 Å². The van der Waals surface area contributed by atoms with Crippen molar-refractivity contribution >= 4 is 5.91 Å². The van der Waals surface area contributed by atoms with Gasteiger partial charge in [-0.1, -0.05) is 6.07 Å². The molecule has 4 rings (SSSR count). The van der Waals surface area contributed by atoms with Crippen LogP contribution in [0.2, 0.25) is 0 Å². The van der Waals surface area contributed by atoms with Gasteiger partial charge in [-0.25, -0.2) is 9.97 Å². The van der Waals surface area contributed by atoms with E-state index in [1.54, 1.807) is 18.5 Å². The number of amides is 1. The fourth-order valence-electron chi connectivity index (χ4n) is 3.73. The Morgan fingerprint density at radius 1 is 1.31 bits per heavy atom. The summed E-state index contributed by atoms with van der Waals surface area (Å²) in [5.74, 6) is -0.0621. The van der Waals surface area contributed by atoms with Crippen LogP contribution in [0, 0.1) is 0 Å². The molecule has 0 radical (unpaired) electrons. The maximum absolute atomic E-state index is 12.7. The van der Waals surface area contributed by atoms with E-state index in [4.69, 9.17) is 9.47 Å². The van der Waals surface area contributed by atoms with Gasteiger partial charge in [0, 0.05) is 25.4 Å². The van der Waals surface area contributed by atoms with Crippen LogP contribution in [0.1, 0.15) is 35.4 Å². The zero-order chi connectivity index (χ0) is 17.8. The summed E-state index contributed by atoms with van der Waals surface area (Å²) in [5.41, 5.74) is 1.03. The van der Waals surface area contributed by atoms with E-state index in [1.165, 1.54) is 6.33 Å². The van der Waals surface area contributed by atoms with Gasteiger partial charge in [-0.3, -0.25) is 9.78 Å². The molecule has 2 aliphatic heterocycles. The summed E-state index contributed by atoms with van der Waals surface area (Å²) < 4.78 is 12.1. The largest absolute Gasteiger partial charge is 0.370 e. The lowest BCUT2D eigenvalue weighted by Gasteiger charge is -2.39. The maximum Gasteiger partial charge on any atom is 0.272 e. The molecule has 0 unspecified atom stereocenters. The molecule has 2 saturated heterocycles. The van der Waals surface area contributed by atoms with E-state index in [0.29, 0.717) is 25.5 Å². The van der Waals surface area contributed by atoms with E-state index in [-0.39, 0.29) is 17.6 Å². The summed E-state index contributed by atoms with van der Waals surface area (Å²) in [6.45, 7) is 2.35. The molecule has 2 aliphatic rings. The number of carbonyl (C=O) groups excluding carboxylic acids is 1. The lowest BCUT2D eigenvalue weighted by molar-refractivity contribution is -0.0467. The smallest absolute Gasteiger partial charge is 0.272 e. The zero-order valence-corrected chi connectivity index (χ0v) is 14.6. The number of ether oxygens (including phenoxy) is 2. The van der Waals surface area contributed by atoms with Gasteiger partial charge >= 0.3 is 0 Å². The van der Waals surface area contributed by atoms with Gasteiger partial charge in [0.2, 0.25) is 0 Å². The van der Waals surface area contributed by atoms with E-state index in [9.17, 15) is 4.79 Å². The minimum absolute atomic E-state index is 0.0334. The summed E-state index contributed by atoms with van der Waals surface area (Å²) in [6, 6.07) is 7.45. The Balaban J connectivity index is 1.36. The fourth-order valence-corrected chi connectivity index (χ4v) is 3.73. The second-order valence-electron chi connectivity index (χ2n) is 6.88. The SMILES string of the molecule is O=C(c1ccncn1)N1CCC[C@]2(C[C@@H](OCc3ccccn3)CO2)C1. The zero-order valence-electron chi connectivity index (χ0n) is 14.6. The molecule has 26 heavy (non-hydrogen) atoms. The first kappa shape index (κ1) is 17.1. The third-order valence-corrected chi connectivity index (χ3v) is 5.00. The van der Waals surface area contributed by atoms with E-state index < -0.39 is 0 Å². The van der Waals surface area contributed by atoms with E-state index >= 15 is 0 Å². The van der Waals surface area contributed by atoms with Crippen molar-refractivity contribution in [2.24, 2.45) is 0 Å². The van der Waals surface area contributed by atoms with Gasteiger partial charge in [0.25, 0.3) is 5.91 Å². The Morgan fingerprint density at radius 3 is 3.08 bits per heavy atom. The normalized spacial score (nSPS) is 25.5. The van der Waals surface area contributed by atoms with Crippen molar-refractivity contribution in [1.82, 2.24) is 19.9 Å². The molecule has 2 atom stereocenters. The lowest BCUT2D eigenvalue weighted by Crippen LogP contribution is -2.50. The quantitative estimate of drug-likeness (QED) is 0.834. The first-order chi connectivity index (χ1) is 12.7. The van der Waals surface area contributed by atoms with Crippen LogP contribution in [0.15, 0.2) is 43.0 Å². The highest BCUT2D eigenvalue weighted by Gasteiger charge is 2.45. The number of likely N-dealkylation sites (tertiary alicyclic amines) is 1. The van der Waals surface area contributed by atoms with E-state index in [2.05, 4.69) is 15.0 Å². The molecule has 7 heteroatoms. The number of piperidine rings is 1. The van der Waals surface area contributed by atoms with Gasteiger partial charge in [0.15, 0.2) is 0 Å². The molecule has 0 aliphatic carbocycles. The molecule has 0 N–H and O–H groups in total. The van der Waals surface area contributed by atoms with Crippen molar-refractivity contribution in [2.45, 2.75) is 37.6 Å². The molecule has 4 heterocycles.